The molecule has 0 aliphatic heterocycles. The second-order valence-electron chi connectivity index (χ2n) is 2.81. The third-order valence-electron chi connectivity index (χ3n) is 1.96. The molecule has 0 aliphatic carbocycles. The highest BCUT2D eigenvalue weighted by molar-refractivity contribution is 5.97. The minimum atomic E-state index is -0.146. The average Bonchev–Trinajstić information content (AvgIpc) is 2.26. The van der Waals surface area contributed by atoms with Gasteiger partial charge in [-0.15, -0.1) is 0 Å². The largest absolute Gasteiger partial charge is 0.496 e. The quantitative estimate of drug-likeness (QED) is 0.679. The molecule has 1 aromatic carbocycles. The highest BCUT2D eigenvalue weighted by Gasteiger charge is 2.07. The molecule has 76 valence electrons. The Hall–Kier alpha value is -1.39. The van der Waals surface area contributed by atoms with Gasteiger partial charge in [-0.3, -0.25) is 4.79 Å². The van der Waals surface area contributed by atoms with E-state index < -0.39 is 0 Å². The van der Waals surface area contributed by atoms with Crippen LogP contribution in [-0.2, 0) is 6.61 Å². The van der Waals surface area contributed by atoms with Gasteiger partial charge in [-0.2, -0.15) is 0 Å². The van der Waals surface area contributed by atoms with E-state index in [1.807, 2.05) is 0 Å². The fourth-order valence-corrected chi connectivity index (χ4v) is 1.17. The molecule has 0 amide bonds. The van der Waals surface area contributed by atoms with Gasteiger partial charge in [-0.05, 0) is 6.07 Å². The SMILES string of the molecule is COc1cc(C(=O)CN)ccc1CO. The molecule has 0 aliphatic rings. The maximum absolute atomic E-state index is 11.2. The monoisotopic (exact) mass is 195 g/mol. The second kappa shape index (κ2) is 4.74. The number of carbonyl (C=O) groups excluding carboxylic acids is 1. The maximum Gasteiger partial charge on any atom is 0.176 e. The first-order chi connectivity index (χ1) is 6.72. The number of benzene rings is 1. The molecule has 0 atom stereocenters. The topological polar surface area (TPSA) is 72.5 Å². The van der Waals surface area contributed by atoms with Crippen LogP contribution in [0.1, 0.15) is 15.9 Å². The van der Waals surface area contributed by atoms with Gasteiger partial charge in [0.2, 0.25) is 0 Å². The van der Waals surface area contributed by atoms with Gasteiger partial charge in [-0.25, -0.2) is 0 Å². The minimum Gasteiger partial charge on any atom is -0.496 e. The maximum atomic E-state index is 11.2. The summed E-state index contributed by atoms with van der Waals surface area (Å²) in [4.78, 5) is 11.2. The summed E-state index contributed by atoms with van der Waals surface area (Å²) < 4.78 is 5.02. The molecule has 0 saturated heterocycles. The summed E-state index contributed by atoms with van der Waals surface area (Å²) in [5, 5.41) is 8.95. The van der Waals surface area contributed by atoms with E-state index >= 15 is 0 Å². The van der Waals surface area contributed by atoms with Crippen LogP contribution >= 0.6 is 0 Å². The zero-order valence-corrected chi connectivity index (χ0v) is 7.99. The molecule has 0 spiro atoms. The van der Waals surface area contributed by atoms with Crippen molar-refractivity contribution in [3.05, 3.63) is 29.3 Å². The van der Waals surface area contributed by atoms with Gasteiger partial charge in [0.25, 0.3) is 0 Å². The van der Waals surface area contributed by atoms with E-state index in [1.54, 1.807) is 18.2 Å². The molecule has 0 aromatic heterocycles. The van der Waals surface area contributed by atoms with Crippen molar-refractivity contribution >= 4 is 5.78 Å². The van der Waals surface area contributed by atoms with Crippen molar-refractivity contribution in [2.45, 2.75) is 6.61 Å². The lowest BCUT2D eigenvalue weighted by Gasteiger charge is -2.07. The molecule has 0 unspecified atom stereocenters. The molecule has 0 radical (unpaired) electrons. The summed E-state index contributed by atoms with van der Waals surface area (Å²) >= 11 is 0. The lowest BCUT2D eigenvalue weighted by Crippen LogP contribution is -2.13. The Morgan fingerprint density at radius 1 is 1.57 bits per heavy atom. The van der Waals surface area contributed by atoms with E-state index in [9.17, 15) is 4.79 Å². The van der Waals surface area contributed by atoms with Gasteiger partial charge < -0.3 is 15.6 Å². The molecular weight excluding hydrogens is 182 g/mol. The fourth-order valence-electron chi connectivity index (χ4n) is 1.17. The zero-order valence-electron chi connectivity index (χ0n) is 7.99. The Morgan fingerprint density at radius 3 is 2.79 bits per heavy atom. The van der Waals surface area contributed by atoms with E-state index in [0.29, 0.717) is 16.9 Å². The lowest BCUT2D eigenvalue weighted by atomic mass is 10.1. The Kier molecular flexibility index (Phi) is 3.62. The van der Waals surface area contributed by atoms with Crippen molar-refractivity contribution in [1.82, 2.24) is 0 Å². The third kappa shape index (κ3) is 2.10. The summed E-state index contributed by atoms with van der Waals surface area (Å²) in [5.41, 5.74) is 6.38. The van der Waals surface area contributed by atoms with E-state index in [1.165, 1.54) is 7.11 Å². The van der Waals surface area contributed by atoms with Crippen LogP contribution in [0.2, 0.25) is 0 Å². The number of aliphatic hydroxyl groups is 1. The molecule has 3 N–H and O–H groups in total. The number of ether oxygens (including phenoxy) is 1. The molecule has 0 bridgehead atoms. The molecule has 4 heteroatoms. The highest BCUT2D eigenvalue weighted by atomic mass is 16.5. The van der Waals surface area contributed by atoms with Crippen molar-refractivity contribution in [1.29, 1.82) is 0 Å². The van der Waals surface area contributed by atoms with Gasteiger partial charge >= 0.3 is 0 Å². The van der Waals surface area contributed by atoms with Crippen LogP contribution in [-0.4, -0.2) is 24.5 Å². The number of hydrogen-bond acceptors (Lipinski definition) is 4. The van der Waals surface area contributed by atoms with E-state index in [0.717, 1.165) is 0 Å². The number of ketones is 1. The van der Waals surface area contributed by atoms with E-state index in [4.69, 9.17) is 15.6 Å². The highest BCUT2D eigenvalue weighted by Crippen LogP contribution is 2.20. The summed E-state index contributed by atoms with van der Waals surface area (Å²) in [6, 6.07) is 4.87. The zero-order chi connectivity index (χ0) is 10.6. The number of Topliss-reactive ketones (excluding diaryl/α,β-unsaturated/α-hetero) is 1. The minimum absolute atomic E-state index is 0.0262. The molecule has 1 aromatic rings. The molecule has 0 saturated carbocycles. The van der Waals surface area contributed by atoms with Gasteiger partial charge in [0, 0.05) is 11.1 Å². The van der Waals surface area contributed by atoms with Crippen molar-refractivity contribution in [2.24, 2.45) is 5.73 Å². The van der Waals surface area contributed by atoms with Crippen LogP contribution in [0.3, 0.4) is 0 Å². The first-order valence-electron chi connectivity index (χ1n) is 4.24. The number of carbonyl (C=O) groups is 1. The van der Waals surface area contributed by atoms with Crippen LogP contribution in [0, 0.1) is 0 Å². The summed E-state index contributed by atoms with van der Waals surface area (Å²) in [5.74, 6) is 0.361. The van der Waals surface area contributed by atoms with Crippen molar-refractivity contribution in [2.75, 3.05) is 13.7 Å². The van der Waals surface area contributed by atoms with Crippen LogP contribution in [0.5, 0.6) is 5.75 Å². The number of nitrogens with two attached hydrogens (primary N) is 1. The van der Waals surface area contributed by atoms with Crippen LogP contribution < -0.4 is 10.5 Å². The molecule has 14 heavy (non-hydrogen) atoms. The van der Waals surface area contributed by atoms with Crippen molar-refractivity contribution in [3.8, 4) is 5.75 Å². The van der Waals surface area contributed by atoms with Crippen LogP contribution in [0.4, 0.5) is 0 Å². The molecular formula is C10H13NO3. The van der Waals surface area contributed by atoms with Gasteiger partial charge in [0.15, 0.2) is 5.78 Å². The molecule has 4 nitrogen and oxygen atoms in total. The Bertz CT molecular complexity index is 336. The Labute approximate surface area is 82.3 Å². The molecule has 1 rings (SSSR count). The number of rotatable bonds is 4. The standard InChI is InChI=1S/C10H13NO3/c1-14-10-4-7(9(13)5-11)2-3-8(10)6-12/h2-4,12H,5-6,11H2,1H3. The van der Waals surface area contributed by atoms with Crippen LogP contribution in [0.25, 0.3) is 0 Å². The number of hydrogen-bond donors (Lipinski definition) is 2. The fraction of sp³-hybridized carbons (Fsp3) is 0.300. The second-order valence-corrected chi connectivity index (χ2v) is 2.81. The Morgan fingerprint density at radius 2 is 2.29 bits per heavy atom. The third-order valence-corrected chi connectivity index (χ3v) is 1.96. The summed E-state index contributed by atoms with van der Waals surface area (Å²) in [6.45, 7) is -0.137. The van der Waals surface area contributed by atoms with E-state index in [2.05, 4.69) is 0 Å². The number of aliphatic hydroxyl groups excluding tert-OH is 1. The molecule has 0 fully saturated rings. The molecule has 0 heterocycles. The summed E-state index contributed by atoms with van der Waals surface area (Å²) in [7, 11) is 1.49. The lowest BCUT2D eigenvalue weighted by molar-refractivity contribution is 0.100. The number of methoxy groups -OCH3 is 1. The first-order valence-corrected chi connectivity index (χ1v) is 4.24. The van der Waals surface area contributed by atoms with Crippen LogP contribution in [0.15, 0.2) is 18.2 Å². The average molecular weight is 195 g/mol. The Balaban J connectivity index is 3.07. The predicted molar refractivity (Wildman–Crippen MR) is 52.3 cm³/mol. The first kappa shape index (κ1) is 10.7. The normalized spacial score (nSPS) is 9.93. The van der Waals surface area contributed by atoms with Gasteiger partial charge in [0.1, 0.15) is 5.75 Å². The van der Waals surface area contributed by atoms with Crippen molar-refractivity contribution in [3.63, 3.8) is 0 Å². The van der Waals surface area contributed by atoms with Gasteiger partial charge in [-0.1, -0.05) is 12.1 Å². The van der Waals surface area contributed by atoms with Crippen molar-refractivity contribution < 1.29 is 14.6 Å². The van der Waals surface area contributed by atoms with E-state index in [-0.39, 0.29) is 18.9 Å². The smallest absolute Gasteiger partial charge is 0.176 e. The van der Waals surface area contributed by atoms with Gasteiger partial charge in [0.05, 0.1) is 20.3 Å². The summed E-state index contributed by atoms with van der Waals surface area (Å²) in [6.07, 6.45) is 0. The predicted octanol–water partition coefficient (Wildman–Crippen LogP) is 0.329.